The molecule has 1 aliphatic rings. The Labute approximate surface area is 103 Å². The standard InChI is InChI=1S/C13H21N3O/c1-16(2)13-5-3-4-12(15-13)14-10-11-6-8-17-9-7-11/h3-5,11H,6-10H2,1-2H3,(H,14,15). The molecule has 0 saturated carbocycles. The number of anilines is 2. The van der Waals surface area contributed by atoms with Crippen molar-refractivity contribution in [2.24, 2.45) is 5.92 Å². The van der Waals surface area contributed by atoms with Gasteiger partial charge < -0.3 is 15.0 Å². The molecule has 0 bridgehead atoms. The van der Waals surface area contributed by atoms with Gasteiger partial charge in [-0.1, -0.05) is 6.07 Å². The summed E-state index contributed by atoms with van der Waals surface area (Å²) in [5.41, 5.74) is 0. The van der Waals surface area contributed by atoms with Crippen LogP contribution in [-0.4, -0.2) is 38.8 Å². The third-order valence-corrected chi connectivity index (χ3v) is 3.11. The van der Waals surface area contributed by atoms with Crippen molar-refractivity contribution < 1.29 is 4.74 Å². The van der Waals surface area contributed by atoms with Gasteiger partial charge in [0.1, 0.15) is 11.6 Å². The molecule has 4 heteroatoms. The van der Waals surface area contributed by atoms with Crippen LogP contribution in [0.4, 0.5) is 11.6 Å². The van der Waals surface area contributed by atoms with E-state index in [4.69, 9.17) is 4.74 Å². The van der Waals surface area contributed by atoms with Crippen LogP contribution in [0.3, 0.4) is 0 Å². The molecule has 0 aromatic carbocycles. The van der Waals surface area contributed by atoms with Gasteiger partial charge in [-0.3, -0.25) is 0 Å². The average molecular weight is 235 g/mol. The quantitative estimate of drug-likeness (QED) is 0.866. The van der Waals surface area contributed by atoms with E-state index < -0.39 is 0 Å². The van der Waals surface area contributed by atoms with Gasteiger partial charge in [-0.2, -0.15) is 0 Å². The first kappa shape index (κ1) is 12.2. The molecular formula is C13H21N3O. The van der Waals surface area contributed by atoms with E-state index in [1.54, 1.807) is 0 Å². The lowest BCUT2D eigenvalue weighted by atomic mass is 10.0. The number of aromatic nitrogens is 1. The summed E-state index contributed by atoms with van der Waals surface area (Å²) in [5, 5.41) is 3.42. The minimum atomic E-state index is 0.716. The van der Waals surface area contributed by atoms with Crippen LogP contribution in [0.25, 0.3) is 0 Å². The SMILES string of the molecule is CN(C)c1cccc(NCC2CCOCC2)n1. The van der Waals surface area contributed by atoms with Crippen molar-refractivity contribution in [3.05, 3.63) is 18.2 Å². The molecule has 2 rings (SSSR count). The minimum absolute atomic E-state index is 0.716. The molecule has 4 nitrogen and oxygen atoms in total. The summed E-state index contributed by atoms with van der Waals surface area (Å²) in [6.45, 7) is 2.79. The highest BCUT2D eigenvalue weighted by Crippen LogP contribution is 2.16. The lowest BCUT2D eigenvalue weighted by Gasteiger charge is -2.22. The summed E-state index contributed by atoms with van der Waals surface area (Å²) in [4.78, 5) is 6.55. The first-order valence-electron chi connectivity index (χ1n) is 6.21. The Hall–Kier alpha value is -1.29. The molecule has 0 atom stereocenters. The Morgan fingerprint density at radius 3 is 2.82 bits per heavy atom. The Balaban J connectivity index is 1.87. The second-order valence-electron chi connectivity index (χ2n) is 4.71. The van der Waals surface area contributed by atoms with Crippen LogP contribution in [0.15, 0.2) is 18.2 Å². The number of nitrogens with zero attached hydrogens (tertiary/aromatic N) is 2. The number of hydrogen-bond acceptors (Lipinski definition) is 4. The minimum Gasteiger partial charge on any atom is -0.381 e. The van der Waals surface area contributed by atoms with Gasteiger partial charge >= 0.3 is 0 Å². The van der Waals surface area contributed by atoms with Crippen LogP contribution in [0.2, 0.25) is 0 Å². The van der Waals surface area contributed by atoms with Crippen LogP contribution >= 0.6 is 0 Å². The second-order valence-corrected chi connectivity index (χ2v) is 4.71. The molecule has 0 spiro atoms. The first-order chi connectivity index (χ1) is 8.25. The zero-order valence-electron chi connectivity index (χ0n) is 10.6. The van der Waals surface area contributed by atoms with E-state index in [1.807, 2.05) is 37.2 Å². The fourth-order valence-electron chi connectivity index (χ4n) is 1.97. The molecule has 1 aromatic heterocycles. The van der Waals surface area contributed by atoms with E-state index in [0.717, 1.165) is 44.2 Å². The van der Waals surface area contributed by atoms with E-state index in [-0.39, 0.29) is 0 Å². The smallest absolute Gasteiger partial charge is 0.130 e. The van der Waals surface area contributed by atoms with Gasteiger partial charge in [0.2, 0.25) is 0 Å². The van der Waals surface area contributed by atoms with Crippen molar-refractivity contribution in [1.29, 1.82) is 0 Å². The van der Waals surface area contributed by atoms with Crippen molar-refractivity contribution in [2.45, 2.75) is 12.8 Å². The summed E-state index contributed by atoms with van der Waals surface area (Å²) in [6.07, 6.45) is 2.31. The Kier molecular flexibility index (Phi) is 4.20. The maximum atomic E-state index is 5.35. The number of ether oxygens (including phenoxy) is 1. The summed E-state index contributed by atoms with van der Waals surface area (Å²) in [7, 11) is 4.01. The van der Waals surface area contributed by atoms with Crippen LogP contribution in [0.5, 0.6) is 0 Å². The normalized spacial score (nSPS) is 16.8. The highest BCUT2D eigenvalue weighted by atomic mass is 16.5. The Morgan fingerprint density at radius 1 is 1.35 bits per heavy atom. The van der Waals surface area contributed by atoms with Gasteiger partial charge in [-0.25, -0.2) is 4.98 Å². The maximum absolute atomic E-state index is 5.35. The van der Waals surface area contributed by atoms with E-state index in [9.17, 15) is 0 Å². The topological polar surface area (TPSA) is 37.4 Å². The van der Waals surface area contributed by atoms with Gasteiger partial charge in [0.15, 0.2) is 0 Å². The molecule has 94 valence electrons. The number of nitrogens with one attached hydrogen (secondary N) is 1. The lowest BCUT2D eigenvalue weighted by molar-refractivity contribution is 0.0699. The highest BCUT2D eigenvalue weighted by molar-refractivity contribution is 5.45. The number of hydrogen-bond donors (Lipinski definition) is 1. The molecule has 2 heterocycles. The van der Waals surface area contributed by atoms with Crippen LogP contribution < -0.4 is 10.2 Å². The molecule has 1 fully saturated rings. The Bertz CT molecular complexity index is 348. The van der Waals surface area contributed by atoms with E-state index in [1.165, 1.54) is 0 Å². The molecule has 0 radical (unpaired) electrons. The van der Waals surface area contributed by atoms with Crippen LogP contribution in [0.1, 0.15) is 12.8 Å². The van der Waals surface area contributed by atoms with Crippen molar-refractivity contribution in [1.82, 2.24) is 4.98 Å². The van der Waals surface area contributed by atoms with E-state index in [0.29, 0.717) is 5.92 Å². The molecule has 0 aliphatic carbocycles. The van der Waals surface area contributed by atoms with Crippen LogP contribution in [-0.2, 0) is 4.74 Å². The zero-order valence-corrected chi connectivity index (χ0v) is 10.6. The molecular weight excluding hydrogens is 214 g/mol. The molecule has 0 unspecified atom stereocenters. The largest absolute Gasteiger partial charge is 0.381 e. The molecule has 17 heavy (non-hydrogen) atoms. The van der Waals surface area contributed by atoms with Crippen molar-refractivity contribution >= 4 is 11.6 Å². The third kappa shape index (κ3) is 3.60. The fourth-order valence-corrected chi connectivity index (χ4v) is 1.97. The summed E-state index contributed by atoms with van der Waals surface area (Å²) in [6, 6.07) is 6.07. The van der Waals surface area contributed by atoms with Crippen molar-refractivity contribution in [2.75, 3.05) is 44.1 Å². The average Bonchev–Trinajstić information content (AvgIpc) is 2.38. The van der Waals surface area contributed by atoms with Crippen molar-refractivity contribution in [3.8, 4) is 0 Å². The second kappa shape index (κ2) is 5.87. The van der Waals surface area contributed by atoms with Crippen molar-refractivity contribution in [3.63, 3.8) is 0 Å². The monoisotopic (exact) mass is 235 g/mol. The third-order valence-electron chi connectivity index (χ3n) is 3.11. The maximum Gasteiger partial charge on any atom is 0.130 e. The summed E-state index contributed by atoms with van der Waals surface area (Å²) in [5.74, 6) is 2.67. The van der Waals surface area contributed by atoms with Gasteiger partial charge in [0.05, 0.1) is 0 Å². The summed E-state index contributed by atoms with van der Waals surface area (Å²) >= 11 is 0. The first-order valence-corrected chi connectivity index (χ1v) is 6.21. The fraction of sp³-hybridized carbons (Fsp3) is 0.615. The summed E-state index contributed by atoms with van der Waals surface area (Å²) < 4.78 is 5.35. The highest BCUT2D eigenvalue weighted by Gasteiger charge is 2.13. The van der Waals surface area contributed by atoms with E-state index in [2.05, 4.69) is 10.3 Å². The Morgan fingerprint density at radius 2 is 2.12 bits per heavy atom. The molecule has 0 amide bonds. The van der Waals surface area contributed by atoms with Gasteiger partial charge in [-0.05, 0) is 30.9 Å². The number of pyridine rings is 1. The van der Waals surface area contributed by atoms with Crippen LogP contribution in [0, 0.1) is 5.92 Å². The van der Waals surface area contributed by atoms with Gasteiger partial charge in [0.25, 0.3) is 0 Å². The predicted octanol–water partition coefficient (Wildman–Crippen LogP) is 1.99. The van der Waals surface area contributed by atoms with E-state index >= 15 is 0 Å². The van der Waals surface area contributed by atoms with Gasteiger partial charge in [-0.15, -0.1) is 0 Å². The zero-order chi connectivity index (χ0) is 12.1. The predicted molar refractivity (Wildman–Crippen MR) is 70.6 cm³/mol. The molecule has 1 aliphatic heterocycles. The molecule has 1 saturated heterocycles. The van der Waals surface area contributed by atoms with Gasteiger partial charge in [0, 0.05) is 33.9 Å². The molecule has 1 N–H and O–H groups in total. The number of rotatable bonds is 4. The lowest BCUT2D eigenvalue weighted by Crippen LogP contribution is -2.23. The molecule has 1 aromatic rings.